The highest BCUT2D eigenvalue weighted by Crippen LogP contribution is 2.25. The van der Waals surface area contributed by atoms with E-state index in [1.54, 1.807) is 24.5 Å². The quantitative estimate of drug-likeness (QED) is 0.411. The highest BCUT2D eigenvalue weighted by molar-refractivity contribution is 5.91. The second-order valence-corrected chi connectivity index (χ2v) is 6.65. The molecule has 0 unspecified atom stereocenters. The molecule has 0 atom stereocenters. The number of fused-ring (bicyclic) bond motifs is 1. The summed E-state index contributed by atoms with van der Waals surface area (Å²) >= 11 is 0. The zero-order valence-electron chi connectivity index (χ0n) is 16.3. The van der Waals surface area contributed by atoms with Crippen molar-refractivity contribution >= 4 is 22.4 Å². The number of carbonyl (C=O) groups is 1. The van der Waals surface area contributed by atoms with E-state index < -0.39 is 0 Å². The summed E-state index contributed by atoms with van der Waals surface area (Å²) in [5.74, 6) is 1.73. The molecule has 0 aliphatic heterocycles. The minimum absolute atomic E-state index is 0.0758. The molecule has 0 bridgehead atoms. The first kappa shape index (κ1) is 19.4. The summed E-state index contributed by atoms with van der Waals surface area (Å²) in [5.41, 5.74) is 0.663. The average molecular weight is 399 g/mol. The van der Waals surface area contributed by atoms with Gasteiger partial charge in [0, 0.05) is 36.0 Å². The molecule has 4 rings (SSSR count). The molecule has 0 saturated heterocycles. The van der Waals surface area contributed by atoms with Gasteiger partial charge in [0.05, 0.1) is 12.8 Å². The zero-order valence-corrected chi connectivity index (χ0v) is 16.3. The van der Waals surface area contributed by atoms with Crippen molar-refractivity contribution in [3.63, 3.8) is 0 Å². The minimum atomic E-state index is -0.0758. The second kappa shape index (κ2) is 9.52. The van der Waals surface area contributed by atoms with Gasteiger partial charge in [0.2, 0.25) is 11.8 Å². The van der Waals surface area contributed by atoms with Crippen LogP contribution >= 0.6 is 0 Å². The lowest BCUT2D eigenvalue weighted by Crippen LogP contribution is -2.12. The monoisotopic (exact) mass is 399 g/mol. The van der Waals surface area contributed by atoms with E-state index in [-0.39, 0.29) is 5.91 Å². The van der Waals surface area contributed by atoms with E-state index in [4.69, 9.17) is 9.47 Å². The highest BCUT2D eigenvalue weighted by Gasteiger charge is 2.06. The Morgan fingerprint density at radius 2 is 1.83 bits per heavy atom. The van der Waals surface area contributed by atoms with E-state index in [1.807, 2.05) is 42.5 Å². The van der Waals surface area contributed by atoms with Gasteiger partial charge in [-0.05, 0) is 30.0 Å². The van der Waals surface area contributed by atoms with Crippen molar-refractivity contribution in [3.8, 4) is 17.4 Å². The Morgan fingerprint density at radius 3 is 2.73 bits per heavy atom. The van der Waals surface area contributed by atoms with Crippen LogP contribution in [-0.2, 0) is 4.79 Å². The van der Waals surface area contributed by atoms with Crippen LogP contribution in [0, 0.1) is 0 Å². The molecule has 0 spiro atoms. The lowest BCUT2D eigenvalue weighted by atomic mass is 10.1. The van der Waals surface area contributed by atoms with Crippen LogP contribution in [0.5, 0.6) is 17.4 Å². The smallest absolute Gasteiger partial charge is 0.237 e. The summed E-state index contributed by atoms with van der Waals surface area (Å²) in [6.45, 7) is 0.469. The van der Waals surface area contributed by atoms with E-state index in [2.05, 4.69) is 27.4 Å². The third-order valence-electron chi connectivity index (χ3n) is 4.44. The third-order valence-corrected chi connectivity index (χ3v) is 4.44. The van der Waals surface area contributed by atoms with Gasteiger partial charge in [-0.15, -0.1) is 0 Å². The van der Waals surface area contributed by atoms with E-state index in [9.17, 15) is 4.79 Å². The standard InChI is InChI=1S/C24H21N3O3/c28-23(12-5-15-29-22-11-3-7-18-6-1-2-10-21(18)22)27-19-8-4-9-20(16-19)30-24-17-25-13-14-26-24/h1-4,6-11,13-14,16-17H,5,12,15H2,(H,27,28). The molecule has 0 radical (unpaired) electrons. The fourth-order valence-corrected chi connectivity index (χ4v) is 3.06. The largest absolute Gasteiger partial charge is 0.493 e. The van der Waals surface area contributed by atoms with Gasteiger partial charge < -0.3 is 14.8 Å². The third kappa shape index (κ3) is 5.11. The topological polar surface area (TPSA) is 73.3 Å². The summed E-state index contributed by atoms with van der Waals surface area (Å²) in [4.78, 5) is 20.3. The molecule has 1 amide bonds. The van der Waals surface area contributed by atoms with Gasteiger partial charge in [-0.1, -0.05) is 42.5 Å². The number of nitrogens with zero attached hydrogens (tertiary/aromatic N) is 2. The predicted molar refractivity (Wildman–Crippen MR) is 116 cm³/mol. The highest BCUT2D eigenvalue weighted by atomic mass is 16.5. The van der Waals surface area contributed by atoms with E-state index in [0.717, 1.165) is 16.5 Å². The summed E-state index contributed by atoms with van der Waals surface area (Å²) in [6, 6.07) is 21.2. The van der Waals surface area contributed by atoms with Crippen molar-refractivity contribution in [2.75, 3.05) is 11.9 Å². The molecular formula is C24H21N3O3. The van der Waals surface area contributed by atoms with Gasteiger partial charge in [-0.25, -0.2) is 4.98 Å². The number of carbonyl (C=O) groups excluding carboxylic acids is 1. The van der Waals surface area contributed by atoms with Crippen molar-refractivity contribution in [1.82, 2.24) is 9.97 Å². The summed E-state index contributed by atoms with van der Waals surface area (Å²) in [6.07, 6.45) is 5.64. The molecule has 1 heterocycles. The van der Waals surface area contributed by atoms with E-state index >= 15 is 0 Å². The average Bonchev–Trinajstić information content (AvgIpc) is 2.78. The van der Waals surface area contributed by atoms with Crippen molar-refractivity contribution in [2.45, 2.75) is 12.8 Å². The van der Waals surface area contributed by atoms with Crippen molar-refractivity contribution in [2.24, 2.45) is 0 Å². The molecule has 4 aromatic rings. The van der Waals surface area contributed by atoms with Crippen molar-refractivity contribution in [1.29, 1.82) is 0 Å². The van der Waals surface area contributed by atoms with Crippen LogP contribution in [0.3, 0.4) is 0 Å². The predicted octanol–water partition coefficient (Wildman–Crippen LogP) is 5.22. The van der Waals surface area contributed by atoms with E-state index in [1.165, 1.54) is 6.20 Å². The molecule has 0 aliphatic rings. The fraction of sp³-hybridized carbons (Fsp3) is 0.125. The maximum absolute atomic E-state index is 12.3. The Bertz CT molecular complexity index is 1130. The molecule has 6 nitrogen and oxygen atoms in total. The van der Waals surface area contributed by atoms with Gasteiger partial charge in [0.15, 0.2) is 0 Å². The molecule has 0 saturated carbocycles. The number of hydrogen-bond acceptors (Lipinski definition) is 5. The first-order valence-electron chi connectivity index (χ1n) is 9.72. The molecule has 1 N–H and O–H groups in total. The van der Waals surface area contributed by atoms with Gasteiger partial charge in [0.25, 0.3) is 0 Å². The van der Waals surface area contributed by atoms with Crippen molar-refractivity contribution in [3.05, 3.63) is 85.3 Å². The number of rotatable bonds is 8. The Morgan fingerprint density at radius 1 is 0.967 bits per heavy atom. The first-order chi connectivity index (χ1) is 14.8. The number of aromatic nitrogens is 2. The van der Waals surface area contributed by atoms with Crippen LogP contribution < -0.4 is 14.8 Å². The fourth-order valence-electron chi connectivity index (χ4n) is 3.06. The molecule has 30 heavy (non-hydrogen) atoms. The van der Waals surface area contributed by atoms with Gasteiger partial charge in [-0.3, -0.25) is 9.78 Å². The van der Waals surface area contributed by atoms with Crippen molar-refractivity contribution < 1.29 is 14.3 Å². The molecule has 3 aromatic carbocycles. The number of hydrogen-bond donors (Lipinski definition) is 1. The second-order valence-electron chi connectivity index (χ2n) is 6.65. The van der Waals surface area contributed by atoms with Gasteiger partial charge in [0.1, 0.15) is 11.5 Å². The van der Waals surface area contributed by atoms with Crippen LogP contribution in [0.15, 0.2) is 85.3 Å². The maximum Gasteiger partial charge on any atom is 0.237 e. The lowest BCUT2D eigenvalue weighted by Gasteiger charge is -2.10. The molecule has 1 aromatic heterocycles. The number of benzene rings is 3. The normalized spacial score (nSPS) is 10.5. The summed E-state index contributed by atoms with van der Waals surface area (Å²) in [5, 5.41) is 5.09. The van der Waals surface area contributed by atoms with Crippen LogP contribution in [0.4, 0.5) is 5.69 Å². The van der Waals surface area contributed by atoms with Crippen LogP contribution in [0.25, 0.3) is 10.8 Å². The summed E-state index contributed by atoms with van der Waals surface area (Å²) in [7, 11) is 0. The van der Waals surface area contributed by atoms with Gasteiger partial charge in [-0.2, -0.15) is 0 Å². The van der Waals surface area contributed by atoms with Gasteiger partial charge >= 0.3 is 0 Å². The first-order valence-corrected chi connectivity index (χ1v) is 9.72. The number of anilines is 1. The summed E-state index contributed by atoms with van der Waals surface area (Å²) < 4.78 is 11.5. The lowest BCUT2D eigenvalue weighted by molar-refractivity contribution is -0.116. The van der Waals surface area contributed by atoms with Crippen LogP contribution in [-0.4, -0.2) is 22.5 Å². The molecule has 6 heteroatoms. The Balaban J connectivity index is 1.26. The van der Waals surface area contributed by atoms with Crippen LogP contribution in [0.1, 0.15) is 12.8 Å². The molecular weight excluding hydrogens is 378 g/mol. The van der Waals surface area contributed by atoms with Crippen LogP contribution in [0.2, 0.25) is 0 Å². The number of ether oxygens (including phenoxy) is 2. The number of amides is 1. The number of nitrogens with one attached hydrogen (secondary N) is 1. The Labute approximate surface area is 174 Å². The molecule has 150 valence electrons. The maximum atomic E-state index is 12.3. The Hall–Kier alpha value is -3.93. The Kier molecular flexibility index (Phi) is 6.15. The molecule has 0 fully saturated rings. The minimum Gasteiger partial charge on any atom is -0.493 e. The SMILES string of the molecule is O=C(CCCOc1cccc2ccccc12)Nc1cccc(Oc2cnccn2)c1. The van der Waals surface area contributed by atoms with E-state index in [0.29, 0.717) is 36.8 Å². The molecule has 0 aliphatic carbocycles. The zero-order chi connectivity index (χ0) is 20.6.